The van der Waals surface area contributed by atoms with Crippen LogP contribution in [0.25, 0.3) is 5.69 Å². The van der Waals surface area contributed by atoms with Gasteiger partial charge in [-0.25, -0.2) is 9.67 Å². The third-order valence-corrected chi connectivity index (χ3v) is 1.77. The molecule has 1 aromatic heterocycles. The van der Waals surface area contributed by atoms with Gasteiger partial charge < -0.3 is 5.73 Å². The van der Waals surface area contributed by atoms with Crippen molar-refractivity contribution >= 4 is 5.69 Å². The van der Waals surface area contributed by atoms with Crippen molar-refractivity contribution in [3.8, 4) is 5.69 Å². The summed E-state index contributed by atoms with van der Waals surface area (Å²) in [6.45, 7) is 2.00. The highest BCUT2D eigenvalue weighted by atomic mass is 15.3. The van der Waals surface area contributed by atoms with Gasteiger partial charge in [0, 0.05) is 5.69 Å². The second kappa shape index (κ2) is 2.90. The summed E-state index contributed by atoms with van der Waals surface area (Å²) in [5, 5.41) is 4.02. The van der Waals surface area contributed by atoms with Crippen LogP contribution in [0.1, 0.15) is 5.56 Å². The van der Waals surface area contributed by atoms with E-state index in [2.05, 4.69) is 10.1 Å². The Morgan fingerprint density at radius 3 is 2.77 bits per heavy atom. The monoisotopic (exact) mass is 174 g/mol. The first-order valence-electron chi connectivity index (χ1n) is 3.98. The fourth-order valence-electron chi connectivity index (χ4n) is 1.27. The summed E-state index contributed by atoms with van der Waals surface area (Å²) < 4.78 is 1.68. The first-order chi connectivity index (χ1) is 6.25. The Balaban J connectivity index is 2.53. The minimum absolute atomic E-state index is 0.741. The molecule has 1 heterocycles. The topological polar surface area (TPSA) is 56.7 Å². The highest BCUT2D eigenvalue weighted by Gasteiger charge is 1.98. The van der Waals surface area contributed by atoms with Gasteiger partial charge in [-0.1, -0.05) is 0 Å². The van der Waals surface area contributed by atoms with Gasteiger partial charge in [-0.15, -0.1) is 0 Å². The molecule has 1 aromatic carbocycles. The molecule has 66 valence electrons. The maximum Gasteiger partial charge on any atom is 0.138 e. The SMILES string of the molecule is Cc1cc(N)cc(-n2cncn2)c1. The predicted octanol–water partition coefficient (Wildman–Crippen LogP) is 1.16. The first-order valence-corrected chi connectivity index (χ1v) is 3.98. The summed E-state index contributed by atoms with van der Waals surface area (Å²) in [6, 6.07) is 5.78. The van der Waals surface area contributed by atoms with Crippen LogP contribution in [0.15, 0.2) is 30.9 Å². The number of nitrogens with zero attached hydrogens (tertiary/aromatic N) is 3. The number of hydrogen-bond donors (Lipinski definition) is 1. The van der Waals surface area contributed by atoms with Crippen LogP contribution in [0.2, 0.25) is 0 Å². The van der Waals surface area contributed by atoms with Crippen molar-refractivity contribution in [3.05, 3.63) is 36.4 Å². The van der Waals surface area contributed by atoms with Crippen LogP contribution in [0.3, 0.4) is 0 Å². The van der Waals surface area contributed by atoms with Crippen molar-refractivity contribution in [2.45, 2.75) is 6.92 Å². The number of rotatable bonds is 1. The van der Waals surface area contributed by atoms with Gasteiger partial charge in [0.25, 0.3) is 0 Å². The molecule has 0 amide bonds. The Kier molecular flexibility index (Phi) is 1.73. The van der Waals surface area contributed by atoms with Crippen molar-refractivity contribution in [1.29, 1.82) is 0 Å². The highest BCUT2D eigenvalue weighted by Crippen LogP contribution is 2.13. The number of hydrogen-bond acceptors (Lipinski definition) is 3. The second-order valence-corrected chi connectivity index (χ2v) is 2.94. The quantitative estimate of drug-likeness (QED) is 0.660. The van der Waals surface area contributed by atoms with E-state index >= 15 is 0 Å². The Labute approximate surface area is 76.0 Å². The molecule has 0 aliphatic heterocycles. The molecule has 0 aliphatic carbocycles. The van der Waals surface area contributed by atoms with Crippen molar-refractivity contribution in [2.24, 2.45) is 0 Å². The molecule has 0 spiro atoms. The molecule has 0 bridgehead atoms. The van der Waals surface area contributed by atoms with E-state index in [1.165, 1.54) is 6.33 Å². The number of aromatic nitrogens is 3. The number of anilines is 1. The predicted molar refractivity (Wildman–Crippen MR) is 50.5 cm³/mol. The van der Waals surface area contributed by atoms with E-state index in [0.717, 1.165) is 16.9 Å². The molecule has 13 heavy (non-hydrogen) atoms. The smallest absolute Gasteiger partial charge is 0.138 e. The first kappa shape index (κ1) is 7.79. The standard InChI is InChI=1S/C9H10N4/c1-7-2-8(10)4-9(3-7)13-6-11-5-12-13/h2-6H,10H2,1H3. The zero-order valence-corrected chi connectivity index (χ0v) is 7.31. The lowest BCUT2D eigenvalue weighted by atomic mass is 10.2. The third-order valence-electron chi connectivity index (χ3n) is 1.77. The zero-order valence-electron chi connectivity index (χ0n) is 7.31. The molecule has 4 nitrogen and oxygen atoms in total. The van der Waals surface area contributed by atoms with E-state index in [0.29, 0.717) is 0 Å². The molecule has 2 rings (SSSR count). The lowest BCUT2D eigenvalue weighted by molar-refractivity contribution is 0.878. The minimum Gasteiger partial charge on any atom is -0.399 e. The van der Waals surface area contributed by atoms with Gasteiger partial charge in [0.1, 0.15) is 12.7 Å². The molecule has 0 saturated heterocycles. The summed E-state index contributed by atoms with van der Waals surface area (Å²) in [4.78, 5) is 3.87. The maximum atomic E-state index is 5.70. The minimum atomic E-state index is 0.741. The van der Waals surface area contributed by atoms with Gasteiger partial charge in [0.05, 0.1) is 5.69 Å². The maximum absolute atomic E-state index is 5.70. The fraction of sp³-hybridized carbons (Fsp3) is 0.111. The summed E-state index contributed by atoms with van der Waals surface area (Å²) >= 11 is 0. The van der Waals surface area contributed by atoms with E-state index in [1.54, 1.807) is 11.0 Å². The van der Waals surface area contributed by atoms with E-state index in [1.807, 2.05) is 25.1 Å². The lowest BCUT2D eigenvalue weighted by Gasteiger charge is -2.03. The third kappa shape index (κ3) is 1.51. The van der Waals surface area contributed by atoms with Crippen LogP contribution in [-0.4, -0.2) is 14.8 Å². The number of nitrogen functional groups attached to an aromatic ring is 1. The van der Waals surface area contributed by atoms with Gasteiger partial charge in [-0.2, -0.15) is 5.10 Å². The summed E-state index contributed by atoms with van der Waals surface area (Å²) in [5.74, 6) is 0. The van der Waals surface area contributed by atoms with Crippen LogP contribution in [0.5, 0.6) is 0 Å². The molecular formula is C9H10N4. The number of benzene rings is 1. The Morgan fingerprint density at radius 2 is 2.15 bits per heavy atom. The molecule has 0 radical (unpaired) electrons. The lowest BCUT2D eigenvalue weighted by Crippen LogP contribution is -1.96. The van der Waals surface area contributed by atoms with Crippen LogP contribution in [-0.2, 0) is 0 Å². The molecule has 0 saturated carbocycles. The highest BCUT2D eigenvalue weighted by molar-refractivity contribution is 5.50. The van der Waals surface area contributed by atoms with Gasteiger partial charge in [0.15, 0.2) is 0 Å². The van der Waals surface area contributed by atoms with Gasteiger partial charge >= 0.3 is 0 Å². The fourth-order valence-corrected chi connectivity index (χ4v) is 1.27. The van der Waals surface area contributed by atoms with Crippen LogP contribution in [0.4, 0.5) is 5.69 Å². The zero-order chi connectivity index (χ0) is 9.26. The van der Waals surface area contributed by atoms with Gasteiger partial charge in [-0.05, 0) is 30.7 Å². The van der Waals surface area contributed by atoms with Gasteiger partial charge in [-0.3, -0.25) is 0 Å². The Hall–Kier alpha value is -1.84. The second-order valence-electron chi connectivity index (χ2n) is 2.94. The average Bonchev–Trinajstić information content (AvgIpc) is 2.53. The summed E-state index contributed by atoms with van der Waals surface area (Å²) in [6.07, 6.45) is 3.15. The van der Waals surface area contributed by atoms with E-state index in [9.17, 15) is 0 Å². The van der Waals surface area contributed by atoms with Crippen molar-refractivity contribution in [1.82, 2.24) is 14.8 Å². The van der Waals surface area contributed by atoms with Gasteiger partial charge in [0.2, 0.25) is 0 Å². The normalized spacial score (nSPS) is 10.2. The molecule has 2 aromatic rings. The largest absolute Gasteiger partial charge is 0.399 e. The van der Waals surface area contributed by atoms with Crippen LogP contribution in [0, 0.1) is 6.92 Å². The molecule has 2 N–H and O–H groups in total. The Morgan fingerprint density at radius 1 is 1.31 bits per heavy atom. The molecule has 0 unspecified atom stereocenters. The summed E-state index contributed by atoms with van der Waals surface area (Å²) in [7, 11) is 0. The van der Waals surface area contributed by atoms with E-state index < -0.39 is 0 Å². The number of aryl methyl sites for hydroxylation is 1. The Bertz CT molecular complexity index is 385. The van der Waals surface area contributed by atoms with Crippen molar-refractivity contribution < 1.29 is 0 Å². The van der Waals surface area contributed by atoms with E-state index in [4.69, 9.17) is 5.73 Å². The molecular weight excluding hydrogens is 164 g/mol. The van der Waals surface area contributed by atoms with E-state index in [-0.39, 0.29) is 0 Å². The molecule has 0 aliphatic rings. The molecule has 0 atom stereocenters. The van der Waals surface area contributed by atoms with Crippen molar-refractivity contribution in [3.63, 3.8) is 0 Å². The summed E-state index contributed by atoms with van der Waals surface area (Å²) in [5.41, 5.74) is 8.50. The molecule has 0 fully saturated rings. The number of nitrogens with two attached hydrogens (primary N) is 1. The molecule has 4 heteroatoms. The van der Waals surface area contributed by atoms with Crippen LogP contribution >= 0.6 is 0 Å². The van der Waals surface area contributed by atoms with Crippen LogP contribution < -0.4 is 5.73 Å². The average molecular weight is 174 g/mol. The van der Waals surface area contributed by atoms with Crippen molar-refractivity contribution in [2.75, 3.05) is 5.73 Å².